The summed E-state index contributed by atoms with van der Waals surface area (Å²) in [6.07, 6.45) is 0.358. The van der Waals surface area contributed by atoms with Gasteiger partial charge in [-0.05, 0) is 24.0 Å². The normalized spacial score (nSPS) is 12.2. The maximum atomic E-state index is 13.2. The lowest BCUT2D eigenvalue weighted by Crippen LogP contribution is -2.47. The summed E-state index contributed by atoms with van der Waals surface area (Å²) < 4.78 is 18.3. The van der Waals surface area contributed by atoms with Gasteiger partial charge in [0.1, 0.15) is 17.6 Å². The number of hydrogen-bond donors (Lipinski definition) is 2. The standard InChI is InChI=1S/C17H25FN2O3/c1-10(2)8-15(21)20-16(11(3)4)17(22)19-13-7-6-12(18)9-14(13)23-5/h6-7,9-11,16H,8H2,1-5H3,(H,19,22)(H,20,21). The number of nitrogens with one attached hydrogen (secondary N) is 2. The first-order valence-electron chi connectivity index (χ1n) is 7.68. The van der Waals surface area contributed by atoms with Crippen molar-refractivity contribution in [1.29, 1.82) is 0 Å². The Labute approximate surface area is 136 Å². The molecule has 0 saturated heterocycles. The molecule has 1 rings (SSSR count). The Balaban J connectivity index is 2.85. The van der Waals surface area contributed by atoms with Gasteiger partial charge in [-0.1, -0.05) is 27.7 Å². The fourth-order valence-electron chi connectivity index (χ4n) is 2.12. The molecule has 0 aliphatic carbocycles. The number of carbonyl (C=O) groups is 2. The minimum atomic E-state index is -0.670. The highest BCUT2D eigenvalue weighted by Crippen LogP contribution is 2.25. The Kier molecular flexibility index (Phi) is 7.00. The number of halogens is 1. The van der Waals surface area contributed by atoms with Gasteiger partial charge in [0.25, 0.3) is 0 Å². The van der Waals surface area contributed by atoms with Crippen molar-refractivity contribution in [1.82, 2.24) is 5.32 Å². The summed E-state index contributed by atoms with van der Waals surface area (Å²) in [4.78, 5) is 24.4. The number of carbonyl (C=O) groups excluding carboxylic acids is 2. The summed E-state index contributed by atoms with van der Waals surface area (Å²) >= 11 is 0. The molecule has 0 aliphatic rings. The SMILES string of the molecule is COc1cc(F)ccc1NC(=O)C(NC(=O)CC(C)C)C(C)C. The molecule has 128 valence electrons. The molecule has 0 aliphatic heterocycles. The Morgan fingerprint density at radius 2 is 1.87 bits per heavy atom. The van der Waals surface area contributed by atoms with Crippen LogP contribution in [0.25, 0.3) is 0 Å². The number of hydrogen-bond acceptors (Lipinski definition) is 3. The minimum Gasteiger partial charge on any atom is -0.494 e. The molecule has 0 spiro atoms. The van der Waals surface area contributed by atoms with E-state index in [1.165, 1.54) is 25.3 Å². The van der Waals surface area contributed by atoms with Crippen LogP contribution >= 0.6 is 0 Å². The van der Waals surface area contributed by atoms with E-state index in [0.717, 1.165) is 0 Å². The minimum absolute atomic E-state index is 0.0856. The average molecular weight is 324 g/mol. The first-order chi connectivity index (χ1) is 10.7. The third-order valence-electron chi connectivity index (χ3n) is 3.28. The van der Waals surface area contributed by atoms with Crippen LogP contribution in [0.1, 0.15) is 34.1 Å². The molecule has 0 aromatic heterocycles. The number of amides is 2. The molecule has 2 amide bonds. The second kappa shape index (κ2) is 8.50. The summed E-state index contributed by atoms with van der Waals surface area (Å²) in [5.74, 6) is -0.623. The van der Waals surface area contributed by atoms with Crippen LogP contribution < -0.4 is 15.4 Å². The van der Waals surface area contributed by atoms with Gasteiger partial charge in [-0.2, -0.15) is 0 Å². The van der Waals surface area contributed by atoms with Gasteiger partial charge in [0, 0.05) is 12.5 Å². The van der Waals surface area contributed by atoms with E-state index < -0.39 is 11.9 Å². The van der Waals surface area contributed by atoms with E-state index in [9.17, 15) is 14.0 Å². The summed E-state index contributed by atoms with van der Waals surface area (Å²) in [5.41, 5.74) is 0.364. The molecule has 2 N–H and O–H groups in total. The van der Waals surface area contributed by atoms with Gasteiger partial charge in [-0.25, -0.2) is 4.39 Å². The molecule has 23 heavy (non-hydrogen) atoms. The lowest BCUT2D eigenvalue weighted by atomic mass is 10.0. The van der Waals surface area contributed by atoms with Crippen molar-refractivity contribution in [2.75, 3.05) is 12.4 Å². The Morgan fingerprint density at radius 3 is 2.39 bits per heavy atom. The fourth-order valence-corrected chi connectivity index (χ4v) is 2.12. The van der Waals surface area contributed by atoms with Gasteiger partial charge >= 0.3 is 0 Å². The van der Waals surface area contributed by atoms with Gasteiger partial charge in [0.15, 0.2) is 0 Å². The Hall–Kier alpha value is -2.11. The van der Waals surface area contributed by atoms with Gasteiger partial charge in [-0.3, -0.25) is 9.59 Å². The quantitative estimate of drug-likeness (QED) is 0.810. The molecule has 0 radical (unpaired) electrons. The number of methoxy groups -OCH3 is 1. The van der Waals surface area contributed by atoms with Gasteiger partial charge in [0.05, 0.1) is 12.8 Å². The highest BCUT2D eigenvalue weighted by Gasteiger charge is 2.25. The predicted molar refractivity (Wildman–Crippen MR) is 87.8 cm³/mol. The zero-order valence-corrected chi connectivity index (χ0v) is 14.3. The maximum Gasteiger partial charge on any atom is 0.247 e. The molecule has 1 aromatic carbocycles. The largest absolute Gasteiger partial charge is 0.494 e. The van der Waals surface area contributed by atoms with Crippen LogP contribution in [-0.4, -0.2) is 25.0 Å². The topological polar surface area (TPSA) is 67.4 Å². The summed E-state index contributed by atoms with van der Waals surface area (Å²) in [6.45, 7) is 7.57. The van der Waals surface area contributed by atoms with Gasteiger partial charge in [-0.15, -0.1) is 0 Å². The van der Waals surface area contributed by atoms with Crippen LogP contribution in [0.4, 0.5) is 10.1 Å². The smallest absolute Gasteiger partial charge is 0.247 e. The average Bonchev–Trinajstić information content (AvgIpc) is 2.45. The van der Waals surface area contributed by atoms with Crippen molar-refractivity contribution in [3.63, 3.8) is 0 Å². The third kappa shape index (κ3) is 5.88. The number of rotatable bonds is 7. The van der Waals surface area contributed by atoms with Crippen molar-refractivity contribution in [3.05, 3.63) is 24.0 Å². The second-order valence-corrected chi connectivity index (χ2v) is 6.22. The van der Waals surface area contributed by atoms with E-state index in [-0.39, 0.29) is 29.4 Å². The molecule has 6 heteroatoms. The second-order valence-electron chi connectivity index (χ2n) is 6.22. The first-order valence-corrected chi connectivity index (χ1v) is 7.68. The van der Waals surface area contributed by atoms with Gasteiger partial charge < -0.3 is 15.4 Å². The zero-order chi connectivity index (χ0) is 17.6. The molecule has 0 fully saturated rings. The van der Waals surface area contributed by atoms with Crippen LogP contribution in [0.3, 0.4) is 0 Å². The lowest BCUT2D eigenvalue weighted by molar-refractivity contribution is -0.127. The molecule has 1 aromatic rings. The van der Waals surface area contributed by atoms with Crippen molar-refractivity contribution >= 4 is 17.5 Å². The first kappa shape index (κ1) is 18.9. The highest BCUT2D eigenvalue weighted by molar-refractivity contribution is 5.98. The summed E-state index contributed by atoms with van der Waals surface area (Å²) in [6, 6.07) is 3.19. The van der Waals surface area contributed by atoms with Crippen molar-refractivity contribution in [2.24, 2.45) is 11.8 Å². The monoisotopic (exact) mass is 324 g/mol. The molecule has 1 unspecified atom stereocenters. The molecule has 5 nitrogen and oxygen atoms in total. The van der Waals surface area contributed by atoms with E-state index in [1.54, 1.807) is 0 Å². The molecule has 0 bridgehead atoms. The van der Waals surface area contributed by atoms with Crippen LogP contribution in [0, 0.1) is 17.7 Å². The van der Waals surface area contributed by atoms with Crippen LogP contribution in [-0.2, 0) is 9.59 Å². The van der Waals surface area contributed by atoms with E-state index in [2.05, 4.69) is 10.6 Å². The van der Waals surface area contributed by atoms with Crippen LogP contribution in [0.5, 0.6) is 5.75 Å². The molecule has 0 saturated carbocycles. The van der Waals surface area contributed by atoms with E-state index in [4.69, 9.17) is 4.74 Å². The highest BCUT2D eigenvalue weighted by atomic mass is 19.1. The van der Waals surface area contributed by atoms with Crippen molar-refractivity contribution in [2.45, 2.75) is 40.2 Å². The number of benzene rings is 1. The number of anilines is 1. The molecular weight excluding hydrogens is 299 g/mol. The predicted octanol–water partition coefficient (Wildman–Crippen LogP) is 2.96. The van der Waals surface area contributed by atoms with Crippen LogP contribution in [0.15, 0.2) is 18.2 Å². The summed E-state index contributed by atoms with van der Waals surface area (Å²) in [7, 11) is 1.40. The van der Waals surface area contributed by atoms with E-state index in [0.29, 0.717) is 12.1 Å². The van der Waals surface area contributed by atoms with Crippen LogP contribution in [0.2, 0.25) is 0 Å². The summed E-state index contributed by atoms with van der Waals surface area (Å²) in [5, 5.41) is 5.43. The fraction of sp³-hybridized carbons (Fsp3) is 0.529. The Bertz CT molecular complexity index is 559. The molecule has 0 heterocycles. The van der Waals surface area contributed by atoms with E-state index >= 15 is 0 Å². The third-order valence-corrected chi connectivity index (χ3v) is 3.28. The number of ether oxygens (including phenoxy) is 1. The zero-order valence-electron chi connectivity index (χ0n) is 14.3. The van der Waals surface area contributed by atoms with E-state index in [1.807, 2.05) is 27.7 Å². The molecule has 1 atom stereocenters. The maximum absolute atomic E-state index is 13.2. The Morgan fingerprint density at radius 1 is 1.22 bits per heavy atom. The van der Waals surface area contributed by atoms with Gasteiger partial charge in [0.2, 0.25) is 11.8 Å². The molecular formula is C17H25FN2O3. The lowest BCUT2D eigenvalue weighted by Gasteiger charge is -2.22. The van der Waals surface area contributed by atoms with Crippen molar-refractivity contribution in [3.8, 4) is 5.75 Å². The van der Waals surface area contributed by atoms with Crippen molar-refractivity contribution < 1.29 is 18.7 Å².